The Labute approximate surface area is 98.3 Å². The van der Waals surface area contributed by atoms with E-state index in [4.69, 9.17) is 11.6 Å². The van der Waals surface area contributed by atoms with Crippen molar-refractivity contribution >= 4 is 23.6 Å². The maximum absolute atomic E-state index is 13.3. The van der Waals surface area contributed by atoms with Crippen molar-refractivity contribution in [3.05, 3.63) is 34.9 Å². The zero-order chi connectivity index (χ0) is 12.0. The average molecular weight is 243 g/mol. The van der Waals surface area contributed by atoms with Gasteiger partial charge < -0.3 is 5.32 Å². The molecule has 0 saturated carbocycles. The van der Waals surface area contributed by atoms with Gasteiger partial charge in [0.2, 0.25) is 5.91 Å². The number of nitrogens with one attached hydrogen (secondary N) is 1. The van der Waals surface area contributed by atoms with Crippen LogP contribution in [-0.4, -0.2) is 17.4 Å². The van der Waals surface area contributed by atoms with Gasteiger partial charge in [0.25, 0.3) is 0 Å². The fourth-order valence-electron chi connectivity index (χ4n) is 1.10. The van der Waals surface area contributed by atoms with Crippen LogP contribution < -0.4 is 5.32 Å². The van der Waals surface area contributed by atoms with E-state index in [9.17, 15) is 9.18 Å². The van der Waals surface area contributed by atoms with Crippen molar-refractivity contribution in [1.82, 2.24) is 10.3 Å². The number of aromatic nitrogens is 1. The first-order chi connectivity index (χ1) is 7.61. The summed E-state index contributed by atoms with van der Waals surface area (Å²) >= 11 is 5.52. The molecule has 16 heavy (non-hydrogen) atoms. The number of halogens is 2. The van der Waals surface area contributed by atoms with E-state index >= 15 is 0 Å². The van der Waals surface area contributed by atoms with Crippen molar-refractivity contribution in [3.63, 3.8) is 0 Å². The fourth-order valence-corrected chi connectivity index (χ4v) is 1.27. The summed E-state index contributed by atoms with van der Waals surface area (Å²) < 4.78 is 13.3. The third-order valence-corrected chi connectivity index (χ3v) is 2.12. The fraction of sp³-hybridized carbons (Fsp3) is 0.273. The van der Waals surface area contributed by atoms with E-state index in [1.165, 1.54) is 19.2 Å². The van der Waals surface area contributed by atoms with Crippen LogP contribution in [0.25, 0.3) is 6.08 Å². The maximum Gasteiger partial charge on any atom is 0.216 e. The highest BCUT2D eigenvalue weighted by Crippen LogP contribution is 2.16. The summed E-state index contributed by atoms with van der Waals surface area (Å²) in [5.41, 5.74) is 0.392. The second-order valence-corrected chi connectivity index (χ2v) is 3.54. The first kappa shape index (κ1) is 12.6. The lowest BCUT2D eigenvalue weighted by atomic mass is 10.2. The van der Waals surface area contributed by atoms with Crippen molar-refractivity contribution in [2.75, 3.05) is 6.54 Å². The largest absolute Gasteiger partial charge is 0.356 e. The molecular formula is C11H12ClFN2O. The van der Waals surface area contributed by atoms with Gasteiger partial charge in [0.05, 0.1) is 0 Å². The highest BCUT2D eigenvalue weighted by molar-refractivity contribution is 6.29. The molecule has 5 heteroatoms. The van der Waals surface area contributed by atoms with E-state index in [0.717, 1.165) is 0 Å². The Morgan fingerprint density at radius 3 is 3.12 bits per heavy atom. The van der Waals surface area contributed by atoms with Gasteiger partial charge in [0.1, 0.15) is 0 Å². The number of amides is 1. The van der Waals surface area contributed by atoms with E-state index < -0.39 is 5.82 Å². The predicted octanol–water partition coefficient (Wildman–Crippen LogP) is 2.41. The van der Waals surface area contributed by atoms with Gasteiger partial charge in [-0.3, -0.25) is 4.79 Å². The standard InChI is InChI=1S/C11H12ClFN2O/c1-8(16)14-6-3-2-4-9-5-7-15-11(12)10(9)13/h2,4-5,7H,3,6H2,1H3,(H,14,16). The molecule has 3 nitrogen and oxygen atoms in total. The second-order valence-electron chi connectivity index (χ2n) is 3.18. The molecular weight excluding hydrogens is 231 g/mol. The Morgan fingerprint density at radius 1 is 1.69 bits per heavy atom. The molecule has 0 aliphatic rings. The van der Waals surface area contributed by atoms with Gasteiger partial charge in [0, 0.05) is 25.2 Å². The molecule has 0 aromatic carbocycles. The van der Waals surface area contributed by atoms with Crippen LogP contribution in [0.4, 0.5) is 4.39 Å². The van der Waals surface area contributed by atoms with Crippen molar-refractivity contribution in [2.24, 2.45) is 0 Å². The summed E-state index contributed by atoms with van der Waals surface area (Å²) in [6, 6.07) is 1.54. The minimum Gasteiger partial charge on any atom is -0.356 e. The van der Waals surface area contributed by atoms with Gasteiger partial charge in [-0.1, -0.05) is 23.8 Å². The predicted molar refractivity (Wildman–Crippen MR) is 61.5 cm³/mol. The maximum atomic E-state index is 13.3. The average Bonchev–Trinajstić information content (AvgIpc) is 2.23. The molecule has 86 valence electrons. The monoisotopic (exact) mass is 242 g/mol. The Hall–Kier alpha value is -1.42. The van der Waals surface area contributed by atoms with E-state index in [-0.39, 0.29) is 11.1 Å². The molecule has 0 atom stereocenters. The number of pyridine rings is 1. The van der Waals surface area contributed by atoms with Crippen LogP contribution in [-0.2, 0) is 4.79 Å². The molecule has 0 bridgehead atoms. The van der Waals surface area contributed by atoms with Gasteiger partial charge in [-0.25, -0.2) is 9.37 Å². The quantitative estimate of drug-likeness (QED) is 0.651. The molecule has 0 fully saturated rings. The zero-order valence-corrected chi connectivity index (χ0v) is 9.59. The first-order valence-corrected chi connectivity index (χ1v) is 5.20. The molecule has 1 amide bonds. The van der Waals surface area contributed by atoms with Gasteiger partial charge in [-0.05, 0) is 12.5 Å². The molecule has 0 aliphatic carbocycles. The Kier molecular flexibility index (Phi) is 4.92. The second kappa shape index (κ2) is 6.23. The van der Waals surface area contributed by atoms with Gasteiger partial charge >= 0.3 is 0 Å². The van der Waals surface area contributed by atoms with Crippen LogP contribution in [0.2, 0.25) is 5.15 Å². The van der Waals surface area contributed by atoms with E-state index in [2.05, 4.69) is 10.3 Å². The minimum absolute atomic E-state index is 0.0773. The number of rotatable bonds is 4. The molecule has 0 spiro atoms. The smallest absolute Gasteiger partial charge is 0.216 e. The zero-order valence-electron chi connectivity index (χ0n) is 8.84. The SMILES string of the molecule is CC(=O)NCCC=Cc1ccnc(Cl)c1F. The van der Waals surface area contributed by atoms with E-state index in [1.807, 2.05) is 0 Å². The molecule has 1 aromatic heterocycles. The number of hydrogen-bond donors (Lipinski definition) is 1. The summed E-state index contributed by atoms with van der Waals surface area (Å²) in [5.74, 6) is -0.605. The lowest BCUT2D eigenvalue weighted by molar-refractivity contribution is -0.118. The topological polar surface area (TPSA) is 42.0 Å². The third kappa shape index (κ3) is 3.98. The summed E-state index contributed by atoms with van der Waals surface area (Å²) in [4.78, 5) is 14.2. The van der Waals surface area contributed by atoms with Crippen LogP contribution in [0.5, 0.6) is 0 Å². The van der Waals surface area contributed by atoms with Crippen LogP contribution in [0, 0.1) is 5.82 Å². The van der Waals surface area contributed by atoms with Crippen LogP contribution in [0.15, 0.2) is 18.3 Å². The summed E-state index contributed by atoms with van der Waals surface area (Å²) in [5, 5.41) is 2.50. The number of nitrogens with zero attached hydrogens (tertiary/aromatic N) is 1. The van der Waals surface area contributed by atoms with Crippen LogP contribution >= 0.6 is 11.6 Å². The highest BCUT2D eigenvalue weighted by Gasteiger charge is 2.03. The molecule has 1 aromatic rings. The van der Waals surface area contributed by atoms with Crippen LogP contribution in [0.1, 0.15) is 18.9 Å². The van der Waals surface area contributed by atoms with Crippen molar-refractivity contribution < 1.29 is 9.18 Å². The third-order valence-electron chi connectivity index (χ3n) is 1.86. The minimum atomic E-state index is -0.528. The lowest BCUT2D eigenvalue weighted by Crippen LogP contribution is -2.20. The Balaban J connectivity index is 2.50. The molecule has 0 saturated heterocycles. The molecule has 0 unspecified atom stereocenters. The summed E-state index contributed by atoms with van der Waals surface area (Å²) in [6.45, 7) is 1.98. The lowest BCUT2D eigenvalue weighted by Gasteiger charge is -1.99. The summed E-state index contributed by atoms with van der Waals surface area (Å²) in [6.07, 6.45) is 5.47. The van der Waals surface area contributed by atoms with Gasteiger partial charge in [0.15, 0.2) is 11.0 Å². The summed E-state index contributed by atoms with van der Waals surface area (Å²) in [7, 11) is 0. The normalized spacial score (nSPS) is 10.7. The van der Waals surface area contributed by atoms with Crippen molar-refractivity contribution in [2.45, 2.75) is 13.3 Å². The van der Waals surface area contributed by atoms with Crippen LogP contribution in [0.3, 0.4) is 0 Å². The van der Waals surface area contributed by atoms with Gasteiger partial charge in [-0.15, -0.1) is 0 Å². The Morgan fingerprint density at radius 2 is 2.44 bits per heavy atom. The van der Waals surface area contributed by atoms with E-state index in [1.54, 1.807) is 12.2 Å². The van der Waals surface area contributed by atoms with Crippen molar-refractivity contribution in [3.8, 4) is 0 Å². The van der Waals surface area contributed by atoms with E-state index in [0.29, 0.717) is 18.5 Å². The highest BCUT2D eigenvalue weighted by atomic mass is 35.5. The first-order valence-electron chi connectivity index (χ1n) is 4.82. The molecule has 0 aliphatic heterocycles. The number of carbonyl (C=O) groups is 1. The number of carbonyl (C=O) groups excluding carboxylic acids is 1. The molecule has 0 radical (unpaired) electrons. The Bertz CT molecular complexity index is 407. The molecule has 1 heterocycles. The molecule has 1 rings (SSSR count). The van der Waals surface area contributed by atoms with Crippen molar-refractivity contribution in [1.29, 1.82) is 0 Å². The molecule has 1 N–H and O–H groups in total. The number of hydrogen-bond acceptors (Lipinski definition) is 2. The van der Waals surface area contributed by atoms with Gasteiger partial charge in [-0.2, -0.15) is 0 Å².